The van der Waals surface area contributed by atoms with Gasteiger partial charge in [-0.2, -0.15) is 0 Å². The third kappa shape index (κ3) is 3.51. The number of nitrogens with one attached hydrogen (secondary N) is 1. The summed E-state index contributed by atoms with van der Waals surface area (Å²) in [4.78, 5) is 12.7. The fourth-order valence-corrected chi connectivity index (χ4v) is 3.94. The molecule has 0 bridgehead atoms. The standard InChI is InChI=1S/C24H22N4O/c29-24(20-10-9-17-6-3-4-7-19(17)16-20)25-21-13-11-18(12-14-21)23-27-26-22-8-2-1-5-15-28(22)23/h3-4,6-7,9-14,16H,1-2,5,8,15H2,(H,25,29). The first-order valence-electron chi connectivity index (χ1n) is 10.1. The van der Waals surface area contributed by atoms with Crippen molar-refractivity contribution in [2.75, 3.05) is 5.32 Å². The van der Waals surface area contributed by atoms with Crippen molar-refractivity contribution in [1.29, 1.82) is 0 Å². The van der Waals surface area contributed by atoms with Crippen molar-refractivity contribution in [1.82, 2.24) is 14.8 Å². The molecule has 0 atom stereocenters. The molecule has 0 fully saturated rings. The number of anilines is 1. The van der Waals surface area contributed by atoms with Gasteiger partial charge in [-0.05, 0) is 60.0 Å². The summed E-state index contributed by atoms with van der Waals surface area (Å²) >= 11 is 0. The zero-order valence-electron chi connectivity index (χ0n) is 16.1. The van der Waals surface area contributed by atoms with E-state index < -0.39 is 0 Å². The molecule has 1 aliphatic heterocycles. The lowest BCUT2D eigenvalue weighted by molar-refractivity contribution is 0.102. The average Bonchev–Trinajstić information content (AvgIpc) is 3.02. The Balaban J connectivity index is 1.35. The van der Waals surface area contributed by atoms with Gasteiger partial charge in [-0.25, -0.2) is 0 Å². The van der Waals surface area contributed by atoms with Crippen LogP contribution in [-0.2, 0) is 13.0 Å². The van der Waals surface area contributed by atoms with Crippen molar-refractivity contribution in [2.24, 2.45) is 0 Å². The fraction of sp³-hybridized carbons (Fsp3) is 0.208. The number of aryl methyl sites for hydroxylation is 1. The second kappa shape index (κ2) is 7.51. The molecule has 0 saturated carbocycles. The molecular formula is C24H22N4O. The van der Waals surface area contributed by atoms with Crippen LogP contribution in [0.1, 0.15) is 35.4 Å². The van der Waals surface area contributed by atoms with Crippen LogP contribution in [0.15, 0.2) is 66.7 Å². The van der Waals surface area contributed by atoms with E-state index in [2.05, 4.69) is 20.1 Å². The Morgan fingerprint density at radius 1 is 0.862 bits per heavy atom. The van der Waals surface area contributed by atoms with E-state index >= 15 is 0 Å². The topological polar surface area (TPSA) is 59.8 Å². The molecule has 1 aliphatic rings. The van der Waals surface area contributed by atoms with Crippen molar-refractivity contribution >= 4 is 22.4 Å². The molecule has 0 saturated heterocycles. The minimum Gasteiger partial charge on any atom is -0.322 e. The van der Waals surface area contributed by atoms with Gasteiger partial charge in [-0.1, -0.05) is 36.8 Å². The summed E-state index contributed by atoms with van der Waals surface area (Å²) in [5.41, 5.74) is 2.44. The van der Waals surface area contributed by atoms with Crippen molar-refractivity contribution in [2.45, 2.75) is 32.2 Å². The molecule has 144 valence electrons. The largest absolute Gasteiger partial charge is 0.322 e. The van der Waals surface area contributed by atoms with Gasteiger partial charge in [0.25, 0.3) is 5.91 Å². The smallest absolute Gasteiger partial charge is 0.255 e. The predicted molar refractivity (Wildman–Crippen MR) is 115 cm³/mol. The fourth-order valence-electron chi connectivity index (χ4n) is 3.94. The average molecular weight is 382 g/mol. The first-order valence-corrected chi connectivity index (χ1v) is 10.1. The highest BCUT2D eigenvalue weighted by Gasteiger charge is 2.16. The van der Waals surface area contributed by atoms with E-state index in [1.54, 1.807) is 0 Å². The van der Waals surface area contributed by atoms with Gasteiger partial charge in [0.2, 0.25) is 0 Å². The normalized spacial score (nSPS) is 13.7. The number of aromatic nitrogens is 3. The summed E-state index contributed by atoms with van der Waals surface area (Å²) in [6, 6.07) is 21.6. The lowest BCUT2D eigenvalue weighted by Crippen LogP contribution is -2.11. The molecule has 0 radical (unpaired) electrons. The third-order valence-electron chi connectivity index (χ3n) is 5.52. The van der Waals surface area contributed by atoms with Crippen molar-refractivity contribution in [3.63, 3.8) is 0 Å². The Labute approximate surface area is 169 Å². The summed E-state index contributed by atoms with van der Waals surface area (Å²) in [6.07, 6.45) is 4.57. The van der Waals surface area contributed by atoms with E-state index in [-0.39, 0.29) is 5.91 Å². The van der Waals surface area contributed by atoms with Gasteiger partial charge >= 0.3 is 0 Å². The monoisotopic (exact) mass is 382 g/mol. The Morgan fingerprint density at radius 3 is 2.55 bits per heavy atom. The number of carbonyl (C=O) groups excluding carboxylic acids is 1. The molecule has 5 rings (SSSR count). The number of hydrogen-bond acceptors (Lipinski definition) is 3. The van der Waals surface area contributed by atoms with Crippen molar-refractivity contribution in [3.05, 3.63) is 78.1 Å². The van der Waals surface area contributed by atoms with E-state index in [0.29, 0.717) is 5.56 Å². The van der Waals surface area contributed by atoms with Crippen molar-refractivity contribution < 1.29 is 4.79 Å². The van der Waals surface area contributed by atoms with Crippen LogP contribution in [0, 0.1) is 0 Å². The number of benzene rings is 3. The number of rotatable bonds is 3. The van der Waals surface area contributed by atoms with Gasteiger partial charge in [0.1, 0.15) is 5.82 Å². The maximum Gasteiger partial charge on any atom is 0.255 e. The van der Waals surface area contributed by atoms with Gasteiger partial charge < -0.3 is 9.88 Å². The van der Waals surface area contributed by atoms with E-state index in [9.17, 15) is 4.79 Å². The maximum absolute atomic E-state index is 12.7. The first-order chi connectivity index (χ1) is 14.3. The minimum absolute atomic E-state index is 0.111. The molecule has 1 amide bonds. The number of nitrogens with zero attached hydrogens (tertiary/aromatic N) is 3. The van der Waals surface area contributed by atoms with Gasteiger partial charge in [0.15, 0.2) is 5.82 Å². The van der Waals surface area contributed by atoms with Gasteiger partial charge in [0, 0.05) is 29.8 Å². The summed E-state index contributed by atoms with van der Waals surface area (Å²) in [7, 11) is 0. The van der Waals surface area contributed by atoms with Crippen LogP contribution < -0.4 is 5.32 Å². The molecule has 0 aliphatic carbocycles. The molecular weight excluding hydrogens is 360 g/mol. The molecule has 29 heavy (non-hydrogen) atoms. The molecule has 0 unspecified atom stereocenters. The Hall–Kier alpha value is -3.47. The summed E-state index contributed by atoms with van der Waals surface area (Å²) in [6.45, 7) is 0.970. The van der Waals surface area contributed by atoms with E-state index in [1.165, 1.54) is 12.8 Å². The Morgan fingerprint density at radius 2 is 1.69 bits per heavy atom. The van der Waals surface area contributed by atoms with E-state index in [1.807, 2.05) is 66.7 Å². The summed E-state index contributed by atoms with van der Waals surface area (Å²) in [5, 5.41) is 13.9. The lowest BCUT2D eigenvalue weighted by Gasteiger charge is -2.09. The highest BCUT2D eigenvalue weighted by atomic mass is 16.1. The van der Waals surface area contributed by atoms with Crippen LogP contribution in [-0.4, -0.2) is 20.7 Å². The third-order valence-corrected chi connectivity index (χ3v) is 5.52. The highest BCUT2D eigenvalue weighted by molar-refractivity contribution is 6.06. The zero-order chi connectivity index (χ0) is 19.6. The quantitative estimate of drug-likeness (QED) is 0.538. The molecule has 1 N–H and O–H groups in total. The second-order valence-electron chi connectivity index (χ2n) is 7.50. The van der Waals surface area contributed by atoms with Crippen molar-refractivity contribution in [3.8, 4) is 11.4 Å². The Kier molecular flexibility index (Phi) is 4.56. The van der Waals surface area contributed by atoms with Crippen LogP contribution >= 0.6 is 0 Å². The highest BCUT2D eigenvalue weighted by Crippen LogP contribution is 2.24. The van der Waals surface area contributed by atoms with E-state index in [0.717, 1.165) is 53.1 Å². The van der Waals surface area contributed by atoms with Crippen LogP contribution in [0.2, 0.25) is 0 Å². The Bertz CT molecular complexity index is 1180. The molecule has 0 spiro atoms. The molecule has 4 aromatic rings. The number of amides is 1. The number of carbonyl (C=O) groups is 1. The molecule has 5 nitrogen and oxygen atoms in total. The lowest BCUT2D eigenvalue weighted by atomic mass is 10.1. The van der Waals surface area contributed by atoms with Gasteiger partial charge in [-0.15, -0.1) is 10.2 Å². The summed E-state index contributed by atoms with van der Waals surface area (Å²) < 4.78 is 2.23. The number of hydrogen-bond donors (Lipinski definition) is 1. The van der Waals surface area contributed by atoms with Crippen LogP contribution in [0.3, 0.4) is 0 Å². The SMILES string of the molecule is O=C(Nc1ccc(-c2nnc3n2CCCCC3)cc1)c1ccc2ccccc2c1. The maximum atomic E-state index is 12.7. The predicted octanol–water partition coefficient (Wildman–Crippen LogP) is 5.08. The molecule has 3 aromatic carbocycles. The number of fused-ring (bicyclic) bond motifs is 2. The zero-order valence-corrected chi connectivity index (χ0v) is 16.1. The first kappa shape index (κ1) is 17.6. The molecule has 5 heteroatoms. The minimum atomic E-state index is -0.111. The van der Waals surface area contributed by atoms with Crippen LogP contribution in [0.25, 0.3) is 22.2 Å². The summed E-state index contributed by atoms with van der Waals surface area (Å²) in [5.74, 6) is 1.88. The second-order valence-corrected chi connectivity index (χ2v) is 7.50. The van der Waals surface area contributed by atoms with Gasteiger partial charge in [0.05, 0.1) is 0 Å². The van der Waals surface area contributed by atoms with Gasteiger partial charge in [-0.3, -0.25) is 4.79 Å². The van der Waals surface area contributed by atoms with Crippen LogP contribution in [0.4, 0.5) is 5.69 Å². The van der Waals surface area contributed by atoms with E-state index in [4.69, 9.17) is 0 Å². The van der Waals surface area contributed by atoms with Crippen LogP contribution in [0.5, 0.6) is 0 Å². The molecule has 2 heterocycles. The molecule has 1 aromatic heterocycles.